The summed E-state index contributed by atoms with van der Waals surface area (Å²) in [5.74, 6) is 1.01. The molecular formula is C21H32O5. The Hall–Kier alpha value is -2.01. The molecular weight excluding hydrogens is 332 g/mol. The van der Waals surface area contributed by atoms with Crippen LogP contribution in [-0.2, 0) is 9.53 Å². The molecule has 0 aliphatic carbocycles. The van der Waals surface area contributed by atoms with Crippen LogP contribution in [0, 0.1) is 0 Å². The van der Waals surface area contributed by atoms with Gasteiger partial charge in [-0.05, 0) is 49.5 Å². The number of unbranched alkanes of at least 4 members (excludes halogenated alkanes) is 5. The normalized spacial score (nSPS) is 10.9. The first kappa shape index (κ1) is 22.0. The summed E-state index contributed by atoms with van der Waals surface area (Å²) in [5, 5.41) is 8.70. The van der Waals surface area contributed by atoms with Crippen molar-refractivity contribution in [3.8, 4) is 11.5 Å². The maximum Gasteiger partial charge on any atom is 0.330 e. The van der Waals surface area contributed by atoms with Gasteiger partial charge in [-0.3, -0.25) is 0 Å². The van der Waals surface area contributed by atoms with Gasteiger partial charge in [-0.2, -0.15) is 0 Å². The number of esters is 1. The lowest BCUT2D eigenvalue weighted by atomic mass is 10.2. The van der Waals surface area contributed by atoms with Crippen LogP contribution >= 0.6 is 0 Å². The summed E-state index contributed by atoms with van der Waals surface area (Å²) in [6, 6.07) is 5.58. The minimum atomic E-state index is -0.356. The van der Waals surface area contributed by atoms with Crippen LogP contribution < -0.4 is 9.47 Å². The third-order valence-electron chi connectivity index (χ3n) is 3.90. The highest BCUT2D eigenvalue weighted by atomic mass is 16.5. The van der Waals surface area contributed by atoms with E-state index in [1.807, 2.05) is 18.2 Å². The van der Waals surface area contributed by atoms with E-state index in [9.17, 15) is 4.79 Å². The Morgan fingerprint density at radius 3 is 2.54 bits per heavy atom. The molecule has 0 saturated heterocycles. The number of benzene rings is 1. The Labute approximate surface area is 157 Å². The second-order valence-electron chi connectivity index (χ2n) is 6.10. The van der Waals surface area contributed by atoms with Crippen LogP contribution in [0.2, 0.25) is 0 Å². The first-order valence-corrected chi connectivity index (χ1v) is 9.47. The van der Waals surface area contributed by atoms with Crippen molar-refractivity contribution in [2.24, 2.45) is 0 Å². The molecule has 0 amide bonds. The summed E-state index contributed by atoms with van der Waals surface area (Å²) >= 11 is 0. The average molecular weight is 364 g/mol. The molecule has 1 aromatic rings. The van der Waals surface area contributed by atoms with E-state index >= 15 is 0 Å². The van der Waals surface area contributed by atoms with E-state index < -0.39 is 0 Å². The molecule has 0 unspecified atom stereocenters. The zero-order valence-corrected chi connectivity index (χ0v) is 16.0. The van der Waals surface area contributed by atoms with Crippen molar-refractivity contribution >= 4 is 12.0 Å². The summed E-state index contributed by atoms with van der Waals surface area (Å²) in [6.07, 6.45) is 9.97. The van der Waals surface area contributed by atoms with Crippen LogP contribution in [0.3, 0.4) is 0 Å². The van der Waals surface area contributed by atoms with E-state index in [1.54, 1.807) is 13.2 Å². The van der Waals surface area contributed by atoms with Crippen molar-refractivity contribution in [3.63, 3.8) is 0 Å². The minimum Gasteiger partial charge on any atom is -0.493 e. The van der Waals surface area contributed by atoms with Gasteiger partial charge < -0.3 is 19.3 Å². The Kier molecular flexibility index (Phi) is 12.0. The van der Waals surface area contributed by atoms with E-state index in [4.69, 9.17) is 19.3 Å². The second-order valence-corrected chi connectivity index (χ2v) is 6.10. The SMILES string of the molecule is CCCCCOc1ccc(C=CC(=O)OCCCCCCO)cc1OC. The van der Waals surface area contributed by atoms with Crippen LogP contribution in [0.15, 0.2) is 24.3 Å². The highest BCUT2D eigenvalue weighted by Gasteiger charge is 2.05. The number of aliphatic hydroxyl groups is 1. The van der Waals surface area contributed by atoms with E-state index in [2.05, 4.69) is 6.92 Å². The molecule has 0 aromatic heterocycles. The molecule has 146 valence electrons. The van der Waals surface area contributed by atoms with Crippen molar-refractivity contribution < 1.29 is 24.1 Å². The van der Waals surface area contributed by atoms with Crippen molar-refractivity contribution in [2.45, 2.75) is 51.9 Å². The van der Waals surface area contributed by atoms with E-state index in [0.29, 0.717) is 24.7 Å². The van der Waals surface area contributed by atoms with Gasteiger partial charge in [0.2, 0.25) is 0 Å². The molecule has 5 nitrogen and oxygen atoms in total. The second kappa shape index (κ2) is 14.2. The molecule has 0 spiro atoms. The van der Waals surface area contributed by atoms with Gasteiger partial charge in [0.15, 0.2) is 11.5 Å². The highest BCUT2D eigenvalue weighted by Crippen LogP contribution is 2.28. The molecule has 0 fully saturated rings. The van der Waals surface area contributed by atoms with Gasteiger partial charge in [0.05, 0.1) is 20.3 Å². The molecule has 0 aliphatic heterocycles. The third kappa shape index (κ3) is 9.47. The van der Waals surface area contributed by atoms with Crippen LogP contribution in [0.5, 0.6) is 11.5 Å². The van der Waals surface area contributed by atoms with Gasteiger partial charge in [0, 0.05) is 12.7 Å². The summed E-state index contributed by atoms with van der Waals surface area (Å²) in [6.45, 7) is 3.45. The molecule has 1 aromatic carbocycles. The first-order valence-electron chi connectivity index (χ1n) is 9.47. The number of hydrogen-bond acceptors (Lipinski definition) is 5. The fourth-order valence-corrected chi connectivity index (χ4v) is 2.39. The number of ether oxygens (including phenoxy) is 3. The lowest BCUT2D eigenvalue weighted by Gasteiger charge is -2.11. The summed E-state index contributed by atoms with van der Waals surface area (Å²) < 4.78 is 16.3. The maximum absolute atomic E-state index is 11.7. The number of rotatable bonds is 14. The molecule has 0 bridgehead atoms. The molecule has 1 N–H and O–H groups in total. The van der Waals surface area contributed by atoms with Crippen LogP contribution in [0.25, 0.3) is 6.08 Å². The predicted octanol–water partition coefficient (Wildman–Crippen LogP) is 4.37. The first-order chi connectivity index (χ1) is 12.7. The molecule has 26 heavy (non-hydrogen) atoms. The largest absolute Gasteiger partial charge is 0.493 e. The van der Waals surface area contributed by atoms with Crippen molar-refractivity contribution in [2.75, 3.05) is 26.9 Å². The topological polar surface area (TPSA) is 65.0 Å². The lowest BCUT2D eigenvalue weighted by molar-refractivity contribution is -0.137. The zero-order valence-electron chi connectivity index (χ0n) is 16.0. The molecule has 0 saturated carbocycles. The third-order valence-corrected chi connectivity index (χ3v) is 3.90. The van der Waals surface area contributed by atoms with Gasteiger partial charge in [-0.1, -0.05) is 32.3 Å². The van der Waals surface area contributed by atoms with Crippen molar-refractivity contribution in [3.05, 3.63) is 29.8 Å². The van der Waals surface area contributed by atoms with Gasteiger partial charge in [-0.25, -0.2) is 4.79 Å². The zero-order chi connectivity index (χ0) is 19.0. The Balaban J connectivity index is 2.43. The standard InChI is InChI=1S/C21H32O5/c1-3-4-8-15-25-19-12-10-18(17-20(19)24-2)11-13-21(23)26-16-9-6-5-7-14-22/h10-13,17,22H,3-9,14-16H2,1-2H3. The van der Waals surface area contributed by atoms with Gasteiger partial charge in [-0.15, -0.1) is 0 Å². The number of hydrogen-bond donors (Lipinski definition) is 1. The Morgan fingerprint density at radius 1 is 1.04 bits per heavy atom. The Morgan fingerprint density at radius 2 is 1.81 bits per heavy atom. The summed E-state index contributed by atoms with van der Waals surface area (Å²) in [4.78, 5) is 11.7. The molecule has 0 aliphatic rings. The number of aliphatic hydroxyl groups excluding tert-OH is 1. The van der Waals surface area contributed by atoms with E-state index in [0.717, 1.165) is 50.5 Å². The number of methoxy groups -OCH3 is 1. The van der Waals surface area contributed by atoms with Gasteiger partial charge >= 0.3 is 5.97 Å². The molecule has 0 heterocycles. The summed E-state index contributed by atoms with van der Waals surface area (Å²) in [5.41, 5.74) is 0.850. The smallest absolute Gasteiger partial charge is 0.330 e. The van der Waals surface area contributed by atoms with Crippen LogP contribution in [0.4, 0.5) is 0 Å². The summed E-state index contributed by atoms with van der Waals surface area (Å²) in [7, 11) is 1.60. The van der Waals surface area contributed by atoms with Crippen LogP contribution in [0.1, 0.15) is 57.4 Å². The van der Waals surface area contributed by atoms with Crippen molar-refractivity contribution in [1.82, 2.24) is 0 Å². The molecule has 0 radical (unpaired) electrons. The van der Waals surface area contributed by atoms with Gasteiger partial charge in [0.1, 0.15) is 0 Å². The highest BCUT2D eigenvalue weighted by molar-refractivity contribution is 5.87. The molecule has 0 atom stereocenters. The van der Waals surface area contributed by atoms with Crippen molar-refractivity contribution in [1.29, 1.82) is 0 Å². The Bertz CT molecular complexity index is 539. The molecule has 5 heteroatoms. The fraction of sp³-hybridized carbons (Fsp3) is 0.571. The molecule has 1 rings (SSSR count). The maximum atomic E-state index is 11.7. The number of carbonyl (C=O) groups is 1. The van der Waals surface area contributed by atoms with Gasteiger partial charge in [0.25, 0.3) is 0 Å². The fourth-order valence-electron chi connectivity index (χ4n) is 2.39. The van der Waals surface area contributed by atoms with Crippen LogP contribution in [-0.4, -0.2) is 38.0 Å². The monoisotopic (exact) mass is 364 g/mol. The minimum absolute atomic E-state index is 0.217. The van der Waals surface area contributed by atoms with E-state index in [1.165, 1.54) is 6.08 Å². The average Bonchev–Trinajstić information content (AvgIpc) is 2.66. The van der Waals surface area contributed by atoms with E-state index in [-0.39, 0.29) is 12.6 Å². The predicted molar refractivity (Wildman–Crippen MR) is 104 cm³/mol. The lowest BCUT2D eigenvalue weighted by Crippen LogP contribution is -2.02. The number of carbonyl (C=O) groups excluding carboxylic acids is 1. The quantitative estimate of drug-likeness (QED) is 0.302.